The van der Waals surface area contributed by atoms with Crippen molar-refractivity contribution >= 4 is 21.4 Å². The Kier molecular flexibility index (Phi) is 4.79. The van der Waals surface area contributed by atoms with Gasteiger partial charge in [-0.15, -0.1) is 10.2 Å². The number of sulfonamides is 1. The minimum atomic E-state index is -4.02. The number of benzene rings is 1. The van der Waals surface area contributed by atoms with Gasteiger partial charge in [0.1, 0.15) is 16.5 Å². The fourth-order valence-electron chi connectivity index (χ4n) is 3.07. The summed E-state index contributed by atoms with van der Waals surface area (Å²) in [7, 11) is -4.02. The fourth-order valence-corrected chi connectivity index (χ4v) is 5.21. The normalized spacial score (nSPS) is 16.7. The van der Waals surface area contributed by atoms with Gasteiger partial charge in [-0.25, -0.2) is 17.2 Å². The average molecular weight is 411 g/mol. The van der Waals surface area contributed by atoms with Crippen molar-refractivity contribution in [1.82, 2.24) is 14.5 Å². The van der Waals surface area contributed by atoms with E-state index in [9.17, 15) is 17.2 Å². The van der Waals surface area contributed by atoms with Crippen LogP contribution in [0.2, 0.25) is 0 Å². The number of rotatable bonds is 4. The van der Waals surface area contributed by atoms with Crippen LogP contribution in [0.15, 0.2) is 44.3 Å². The van der Waals surface area contributed by atoms with Crippen LogP contribution < -0.4 is 0 Å². The van der Waals surface area contributed by atoms with Crippen LogP contribution in [0.3, 0.4) is 0 Å². The number of thiophene rings is 1. The van der Waals surface area contributed by atoms with Gasteiger partial charge < -0.3 is 4.42 Å². The number of hydrogen-bond acceptors (Lipinski definition) is 6. The predicted molar refractivity (Wildman–Crippen MR) is 94.7 cm³/mol. The maximum Gasteiger partial charge on any atom is 0.248 e. The molecular weight excluding hydrogens is 396 g/mol. The van der Waals surface area contributed by atoms with Crippen LogP contribution >= 0.6 is 11.3 Å². The van der Waals surface area contributed by atoms with Crippen molar-refractivity contribution in [3.63, 3.8) is 0 Å². The average Bonchev–Trinajstić information content (AvgIpc) is 3.33. The molecule has 3 heterocycles. The summed E-state index contributed by atoms with van der Waals surface area (Å²) in [5, 5.41) is 11.9. The lowest BCUT2D eigenvalue weighted by atomic mass is 9.98. The Balaban J connectivity index is 1.47. The molecule has 3 aromatic rings. The van der Waals surface area contributed by atoms with E-state index in [4.69, 9.17) is 4.42 Å². The molecule has 0 unspecified atom stereocenters. The summed E-state index contributed by atoms with van der Waals surface area (Å²) in [6.45, 7) is 0.389. The van der Waals surface area contributed by atoms with Crippen LogP contribution in [0.5, 0.6) is 0 Å². The van der Waals surface area contributed by atoms with Gasteiger partial charge in [0.25, 0.3) is 0 Å². The summed E-state index contributed by atoms with van der Waals surface area (Å²) < 4.78 is 59.1. The SMILES string of the molecule is O=S(=O)(c1ccc(F)cc1F)N1CCC(c2nnc(-c3ccsc3)o2)CC1. The number of aromatic nitrogens is 2. The number of halogens is 2. The van der Waals surface area contributed by atoms with E-state index in [1.807, 2.05) is 16.8 Å². The van der Waals surface area contributed by atoms with Crippen molar-refractivity contribution in [1.29, 1.82) is 0 Å². The van der Waals surface area contributed by atoms with Gasteiger partial charge in [-0.2, -0.15) is 15.6 Å². The van der Waals surface area contributed by atoms with E-state index in [2.05, 4.69) is 10.2 Å². The zero-order chi connectivity index (χ0) is 19.0. The van der Waals surface area contributed by atoms with Gasteiger partial charge in [-0.05, 0) is 36.4 Å². The van der Waals surface area contributed by atoms with Crippen molar-refractivity contribution in [2.24, 2.45) is 0 Å². The fraction of sp³-hybridized carbons (Fsp3) is 0.294. The molecule has 0 spiro atoms. The van der Waals surface area contributed by atoms with Crippen LogP contribution in [0, 0.1) is 11.6 Å². The molecule has 0 N–H and O–H groups in total. The number of piperidine rings is 1. The quantitative estimate of drug-likeness (QED) is 0.655. The maximum atomic E-state index is 13.9. The highest BCUT2D eigenvalue weighted by molar-refractivity contribution is 7.89. The molecule has 27 heavy (non-hydrogen) atoms. The van der Waals surface area contributed by atoms with E-state index >= 15 is 0 Å². The standard InChI is InChI=1S/C17H15F2N3O3S2/c18-13-1-2-15(14(19)9-13)27(23,24)22-6-3-11(4-7-22)16-20-21-17(25-16)12-5-8-26-10-12/h1-2,5,8-11H,3-4,6-7H2. The molecule has 0 saturated carbocycles. The van der Waals surface area contributed by atoms with Gasteiger partial charge in [-0.3, -0.25) is 0 Å². The number of nitrogens with zero attached hydrogens (tertiary/aromatic N) is 3. The second kappa shape index (κ2) is 7.10. The molecule has 0 radical (unpaired) electrons. The van der Waals surface area contributed by atoms with Crippen LogP contribution in [0.25, 0.3) is 11.5 Å². The van der Waals surface area contributed by atoms with Crippen molar-refractivity contribution in [2.45, 2.75) is 23.7 Å². The molecule has 0 amide bonds. The van der Waals surface area contributed by atoms with Gasteiger partial charge in [-0.1, -0.05) is 0 Å². The molecule has 1 fully saturated rings. The second-order valence-electron chi connectivity index (χ2n) is 6.21. The third-order valence-corrected chi connectivity index (χ3v) is 7.14. The molecule has 1 aliphatic heterocycles. The zero-order valence-electron chi connectivity index (χ0n) is 14.0. The molecule has 6 nitrogen and oxygen atoms in total. The lowest BCUT2D eigenvalue weighted by Gasteiger charge is -2.29. The van der Waals surface area contributed by atoms with E-state index in [0.29, 0.717) is 30.7 Å². The van der Waals surface area contributed by atoms with Crippen molar-refractivity contribution in [3.8, 4) is 11.5 Å². The lowest BCUT2D eigenvalue weighted by molar-refractivity contribution is 0.290. The molecule has 0 atom stereocenters. The topological polar surface area (TPSA) is 76.3 Å². The highest BCUT2D eigenvalue weighted by atomic mass is 32.2. The van der Waals surface area contributed by atoms with E-state index in [1.165, 1.54) is 15.6 Å². The van der Waals surface area contributed by atoms with Crippen molar-refractivity contribution in [2.75, 3.05) is 13.1 Å². The Morgan fingerprint density at radius 2 is 1.93 bits per heavy atom. The summed E-state index contributed by atoms with van der Waals surface area (Å²) in [5.74, 6) is -1.05. The van der Waals surface area contributed by atoms with Crippen molar-refractivity contribution < 1.29 is 21.6 Å². The Morgan fingerprint density at radius 1 is 1.15 bits per heavy atom. The molecule has 1 saturated heterocycles. The van der Waals surface area contributed by atoms with E-state index in [1.54, 1.807) is 0 Å². The summed E-state index contributed by atoms with van der Waals surface area (Å²) in [5.41, 5.74) is 0.852. The van der Waals surface area contributed by atoms with E-state index in [0.717, 1.165) is 17.7 Å². The first-order chi connectivity index (χ1) is 12.9. The molecule has 1 aromatic carbocycles. The second-order valence-corrected chi connectivity index (χ2v) is 8.90. The predicted octanol–water partition coefficient (Wildman–Crippen LogP) is 3.64. The maximum absolute atomic E-state index is 13.9. The lowest BCUT2D eigenvalue weighted by Crippen LogP contribution is -2.38. The smallest absolute Gasteiger partial charge is 0.248 e. The first-order valence-electron chi connectivity index (χ1n) is 8.26. The highest BCUT2D eigenvalue weighted by Crippen LogP contribution is 2.32. The van der Waals surface area contributed by atoms with Gasteiger partial charge in [0.2, 0.25) is 21.8 Å². The van der Waals surface area contributed by atoms with Crippen LogP contribution in [0.4, 0.5) is 8.78 Å². The summed E-state index contributed by atoms with van der Waals surface area (Å²) in [6, 6.07) is 4.35. The largest absolute Gasteiger partial charge is 0.420 e. The Hall–Kier alpha value is -2.17. The Morgan fingerprint density at radius 3 is 2.59 bits per heavy atom. The van der Waals surface area contributed by atoms with Crippen LogP contribution in [-0.2, 0) is 10.0 Å². The minimum Gasteiger partial charge on any atom is -0.420 e. The molecule has 4 rings (SSSR count). The minimum absolute atomic E-state index is 0.0607. The molecule has 0 bridgehead atoms. The first kappa shape index (κ1) is 18.2. The highest BCUT2D eigenvalue weighted by Gasteiger charge is 2.33. The van der Waals surface area contributed by atoms with Gasteiger partial charge >= 0.3 is 0 Å². The third-order valence-electron chi connectivity index (χ3n) is 4.52. The van der Waals surface area contributed by atoms with Crippen LogP contribution in [0.1, 0.15) is 24.7 Å². The third kappa shape index (κ3) is 3.52. The molecule has 142 valence electrons. The molecule has 2 aromatic heterocycles. The molecule has 1 aliphatic rings. The van der Waals surface area contributed by atoms with Gasteiger partial charge in [0, 0.05) is 36.0 Å². The Bertz CT molecular complexity index is 1040. The Labute approximate surface area is 158 Å². The first-order valence-corrected chi connectivity index (χ1v) is 10.6. The summed E-state index contributed by atoms with van der Waals surface area (Å²) in [4.78, 5) is -0.514. The van der Waals surface area contributed by atoms with Gasteiger partial charge in [0.05, 0.1) is 0 Å². The zero-order valence-corrected chi connectivity index (χ0v) is 15.6. The molecule has 0 aliphatic carbocycles. The van der Waals surface area contributed by atoms with Gasteiger partial charge in [0.15, 0.2) is 0 Å². The monoisotopic (exact) mass is 411 g/mol. The summed E-state index contributed by atoms with van der Waals surface area (Å²) in [6.07, 6.45) is 0.959. The van der Waals surface area contributed by atoms with E-state index < -0.39 is 26.6 Å². The molecular formula is C17H15F2N3O3S2. The summed E-state index contributed by atoms with van der Waals surface area (Å²) >= 11 is 1.53. The number of hydrogen-bond donors (Lipinski definition) is 0. The molecule has 10 heteroatoms. The van der Waals surface area contributed by atoms with Crippen LogP contribution in [-0.4, -0.2) is 36.0 Å². The van der Waals surface area contributed by atoms with Crippen molar-refractivity contribution in [3.05, 3.63) is 52.6 Å². The van der Waals surface area contributed by atoms with E-state index in [-0.39, 0.29) is 19.0 Å².